The Labute approximate surface area is 167 Å². The molecule has 0 spiro atoms. The van der Waals surface area contributed by atoms with E-state index in [0.29, 0.717) is 25.2 Å². The van der Waals surface area contributed by atoms with Crippen LogP contribution in [0.25, 0.3) is 0 Å². The molecule has 4 heteroatoms. The molecule has 0 aromatic heterocycles. The van der Waals surface area contributed by atoms with Crippen molar-refractivity contribution in [3.05, 3.63) is 65.7 Å². The van der Waals surface area contributed by atoms with Crippen LogP contribution in [-0.2, 0) is 16.0 Å². The van der Waals surface area contributed by atoms with E-state index in [4.69, 9.17) is 0 Å². The summed E-state index contributed by atoms with van der Waals surface area (Å²) in [7, 11) is 0. The topological polar surface area (TPSA) is 58.2 Å². The van der Waals surface area contributed by atoms with Gasteiger partial charge in [0.15, 0.2) is 0 Å². The Bertz CT molecular complexity index is 799. The number of benzene rings is 2. The van der Waals surface area contributed by atoms with Gasteiger partial charge in [0.2, 0.25) is 11.8 Å². The molecule has 4 nitrogen and oxygen atoms in total. The molecule has 0 bridgehead atoms. The quantitative estimate of drug-likeness (QED) is 0.688. The number of hydrogen-bond donors (Lipinski definition) is 2. The molecule has 2 unspecified atom stereocenters. The molecule has 2 atom stereocenters. The number of amides is 2. The van der Waals surface area contributed by atoms with Gasteiger partial charge < -0.3 is 10.6 Å². The van der Waals surface area contributed by atoms with E-state index in [1.165, 1.54) is 0 Å². The molecule has 2 amide bonds. The van der Waals surface area contributed by atoms with Gasteiger partial charge >= 0.3 is 0 Å². The maximum Gasteiger partial charge on any atom is 0.227 e. The number of hydrogen-bond acceptors (Lipinski definition) is 2. The highest BCUT2D eigenvalue weighted by Gasteiger charge is 2.27. The van der Waals surface area contributed by atoms with Gasteiger partial charge in [-0.1, -0.05) is 75.2 Å². The summed E-state index contributed by atoms with van der Waals surface area (Å²) in [6, 6.07) is 18.1. The highest BCUT2D eigenvalue weighted by molar-refractivity contribution is 5.96. The van der Waals surface area contributed by atoms with Crippen molar-refractivity contribution in [1.29, 1.82) is 0 Å². The van der Waals surface area contributed by atoms with Crippen molar-refractivity contribution in [2.45, 2.75) is 52.0 Å². The zero-order valence-corrected chi connectivity index (χ0v) is 16.8. The predicted octanol–water partition coefficient (Wildman–Crippen LogP) is 4.87. The van der Waals surface area contributed by atoms with Crippen LogP contribution in [-0.4, -0.2) is 11.8 Å². The van der Waals surface area contributed by atoms with E-state index in [0.717, 1.165) is 29.7 Å². The average Bonchev–Trinajstić information content (AvgIpc) is 2.73. The number of carbonyl (C=O) groups is 2. The lowest BCUT2D eigenvalue weighted by atomic mass is 9.88. The Morgan fingerprint density at radius 1 is 1.07 bits per heavy atom. The first-order valence-electron chi connectivity index (χ1n) is 10.3. The van der Waals surface area contributed by atoms with E-state index in [1.54, 1.807) is 0 Å². The van der Waals surface area contributed by atoms with Crippen molar-refractivity contribution >= 4 is 17.5 Å². The first-order valence-corrected chi connectivity index (χ1v) is 10.3. The van der Waals surface area contributed by atoms with Crippen LogP contribution in [0.15, 0.2) is 54.6 Å². The lowest BCUT2D eigenvalue weighted by molar-refractivity contribution is -0.123. The van der Waals surface area contributed by atoms with Crippen LogP contribution in [0.3, 0.4) is 0 Å². The Kier molecular flexibility index (Phi) is 6.85. The lowest BCUT2D eigenvalue weighted by Crippen LogP contribution is -2.35. The van der Waals surface area contributed by atoms with Gasteiger partial charge in [-0.15, -0.1) is 0 Å². The summed E-state index contributed by atoms with van der Waals surface area (Å²) >= 11 is 0. The fourth-order valence-corrected chi connectivity index (χ4v) is 4.09. The number of nitrogens with one attached hydrogen (secondary N) is 2. The SMILES string of the molecule is CCC(CC)C(NC(=O)CCC1Cc2ccccc2NC1=O)c1ccccc1. The third kappa shape index (κ3) is 4.80. The summed E-state index contributed by atoms with van der Waals surface area (Å²) in [5, 5.41) is 6.20. The molecule has 2 aromatic rings. The van der Waals surface area contributed by atoms with E-state index in [-0.39, 0.29) is 23.8 Å². The molecule has 0 aliphatic carbocycles. The van der Waals surface area contributed by atoms with Crippen LogP contribution in [0.1, 0.15) is 56.7 Å². The maximum absolute atomic E-state index is 12.7. The molecular formula is C24H30N2O2. The van der Waals surface area contributed by atoms with Gasteiger partial charge in [-0.05, 0) is 36.0 Å². The number of rotatable bonds is 8. The van der Waals surface area contributed by atoms with Gasteiger partial charge in [0.05, 0.1) is 6.04 Å². The molecule has 0 saturated carbocycles. The Morgan fingerprint density at radius 3 is 2.46 bits per heavy atom. The van der Waals surface area contributed by atoms with Gasteiger partial charge in [-0.25, -0.2) is 0 Å². The second-order valence-electron chi connectivity index (χ2n) is 7.62. The van der Waals surface area contributed by atoms with Crippen LogP contribution < -0.4 is 10.6 Å². The van der Waals surface area contributed by atoms with Crippen molar-refractivity contribution in [3.63, 3.8) is 0 Å². The fourth-order valence-electron chi connectivity index (χ4n) is 4.09. The smallest absolute Gasteiger partial charge is 0.227 e. The van der Waals surface area contributed by atoms with E-state index in [2.05, 4.69) is 36.6 Å². The normalized spacial score (nSPS) is 17.0. The van der Waals surface area contributed by atoms with Gasteiger partial charge in [0, 0.05) is 18.0 Å². The molecule has 0 radical (unpaired) electrons. The third-order valence-corrected chi connectivity index (χ3v) is 5.83. The second kappa shape index (κ2) is 9.54. The van der Waals surface area contributed by atoms with Crippen molar-refractivity contribution < 1.29 is 9.59 Å². The van der Waals surface area contributed by atoms with Crippen LogP contribution in [0, 0.1) is 11.8 Å². The molecule has 3 rings (SSSR count). The summed E-state index contributed by atoms with van der Waals surface area (Å²) in [6.07, 6.45) is 3.65. The molecule has 1 heterocycles. The highest BCUT2D eigenvalue weighted by Crippen LogP contribution is 2.29. The standard InChI is InChI=1S/C24H30N2O2/c1-3-17(4-2)23(18-10-6-5-7-11-18)26-22(27)15-14-20-16-19-12-8-9-13-21(19)25-24(20)28/h5-13,17,20,23H,3-4,14-16H2,1-2H3,(H,25,28)(H,26,27). The van der Waals surface area contributed by atoms with Gasteiger partial charge in [0.1, 0.15) is 0 Å². The summed E-state index contributed by atoms with van der Waals surface area (Å²) < 4.78 is 0. The van der Waals surface area contributed by atoms with E-state index < -0.39 is 0 Å². The first-order chi connectivity index (χ1) is 13.6. The van der Waals surface area contributed by atoms with Gasteiger partial charge in [0.25, 0.3) is 0 Å². The minimum atomic E-state index is -0.149. The second-order valence-corrected chi connectivity index (χ2v) is 7.62. The van der Waals surface area contributed by atoms with Crippen LogP contribution in [0.4, 0.5) is 5.69 Å². The van der Waals surface area contributed by atoms with Gasteiger partial charge in [-0.2, -0.15) is 0 Å². The summed E-state index contributed by atoms with van der Waals surface area (Å²) in [5.41, 5.74) is 3.19. The summed E-state index contributed by atoms with van der Waals surface area (Å²) in [5.74, 6) is 0.290. The van der Waals surface area contributed by atoms with Gasteiger partial charge in [-0.3, -0.25) is 9.59 Å². The number of anilines is 1. The van der Waals surface area contributed by atoms with Crippen LogP contribution >= 0.6 is 0 Å². The predicted molar refractivity (Wildman–Crippen MR) is 113 cm³/mol. The van der Waals surface area contributed by atoms with Crippen molar-refractivity contribution in [1.82, 2.24) is 5.32 Å². The Hall–Kier alpha value is -2.62. The molecule has 0 fully saturated rings. The molecule has 28 heavy (non-hydrogen) atoms. The van der Waals surface area contributed by atoms with Crippen molar-refractivity contribution in [3.8, 4) is 0 Å². The Balaban J connectivity index is 1.61. The molecule has 1 aliphatic rings. The average molecular weight is 379 g/mol. The van der Waals surface area contributed by atoms with E-state index in [1.807, 2.05) is 42.5 Å². The lowest BCUT2D eigenvalue weighted by Gasteiger charge is -2.28. The third-order valence-electron chi connectivity index (χ3n) is 5.83. The fraction of sp³-hybridized carbons (Fsp3) is 0.417. The molecule has 148 valence electrons. The monoisotopic (exact) mass is 378 g/mol. The zero-order chi connectivity index (χ0) is 19.9. The van der Waals surface area contributed by atoms with E-state index in [9.17, 15) is 9.59 Å². The van der Waals surface area contributed by atoms with Crippen LogP contribution in [0.5, 0.6) is 0 Å². The number of para-hydroxylation sites is 1. The van der Waals surface area contributed by atoms with E-state index >= 15 is 0 Å². The first kappa shape index (κ1) is 20.1. The minimum absolute atomic E-state index is 0.0182. The molecule has 1 aliphatic heterocycles. The largest absolute Gasteiger partial charge is 0.349 e. The molecule has 2 N–H and O–H groups in total. The molecule has 2 aromatic carbocycles. The highest BCUT2D eigenvalue weighted by atomic mass is 16.2. The zero-order valence-electron chi connectivity index (χ0n) is 16.8. The van der Waals surface area contributed by atoms with Crippen molar-refractivity contribution in [2.75, 3.05) is 5.32 Å². The van der Waals surface area contributed by atoms with Crippen molar-refractivity contribution in [2.24, 2.45) is 11.8 Å². The summed E-state index contributed by atoms with van der Waals surface area (Å²) in [6.45, 7) is 4.33. The van der Waals surface area contributed by atoms with Crippen LogP contribution in [0.2, 0.25) is 0 Å². The summed E-state index contributed by atoms with van der Waals surface area (Å²) in [4.78, 5) is 25.1. The minimum Gasteiger partial charge on any atom is -0.349 e. The number of fused-ring (bicyclic) bond motifs is 1. The molecule has 0 saturated heterocycles. The Morgan fingerprint density at radius 2 is 1.75 bits per heavy atom. The maximum atomic E-state index is 12.7. The molecular weight excluding hydrogens is 348 g/mol. The number of carbonyl (C=O) groups excluding carboxylic acids is 2.